The average Bonchev–Trinajstić information content (AvgIpc) is 3.36. The van der Waals surface area contributed by atoms with E-state index in [1.165, 1.54) is 18.6 Å². The van der Waals surface area contributed by atoms with Crippen LogP contribution in [0, 0.1) is 5.82 Å². The lowest BCUT2D eigenvalue weighted by Crippen LogP contribution is -2.50. The van der Waals surface area contributed by atoms with Gasteiger partial charge in [-0.25, -0.2) is 17.2 Å². The molecule has 3 aromatic rings. The Balaban J connectivity index is 1.79. The average molecular weight is 593 g/mol. The fourth-order valence-corrected chi connectivity index (χ4v) is 6.70. The van der Waals surface area contributed by atoms with Gasteiger partial charge in [-0.15, -0.1) is 0 Å². The Morgan fingerprint density at radius 3 is 2.02 bits per heavy atom. The smallest absolute Gasteiger partial charge is 0.340 e. The molecular weight excluding hydrogens is 574 g/mol. The molecule has 1 amide bonds. The molecule has 1 saturated heterocycles. The summed E-state index contributed by atoms with van der Waals surface area (Å²) in [6.45, 7) is -0.691. The van der Waals surface area contributed by atoms with Crippen LogP contribution >= 0.6 is 0 Å². The van der Waals surface area contributed by atoms with Crippen molar-refractivity contribution in [1.29, 1.82) is 0 Å². The third-order valence-corrected chi connectivity index (χ3v) is 9.25. The minimum atomic E-state index is -6.36. The van der Waals surface area contributed by atoms with Gasteiger partial charge in [0.2, 0.25) is 5.91 Å². The third-order valence-electron chi connectivity index (χ3n) is 6.76. The molecule has 1 aliphatic heterocycles. The first kappa shape index (κ1) is 29.4. The summed E-state index contributed by atoms with van der Waals surface area (Å²) in [5.41, 5.74) is -7.51. The highest BCUT2D eigenvalue weighted by Crippen LogP contribution is 2.53. The van der Waals surface area contributed by atoms with Crippen LogP contribution in [0.3, 0.4) is 0 Å². The summed E-state index contributed by atoms with van der Waals surface area (Å²) in [4.78, 5) is 21.5. The van der Waals surface area contributed by atoms with Crippen LogP contribution in [0.4, 0.5) is 35.1 Å². The van der Waals surface area contributed by atoms with Gasteiger partial charge < -0.3 is 4.90 Å². The Bertz CT molecular complexity index is 1460. The Morgan fingerprint density at radius 2 is 1.50 bits per heavy atom. The lowest BCUT2D eigenvalue weighted by Gasteiger charge is -2.32. The Morgan fingerprint density at radius 1 is 0.900 bits per heavy atom. The number of carbonyl (C=O) groups excluding carboxylic acids is 1. The van der Waals surface area contributed by atoms with Crippen LogP contribution in [0.25, 0.3) is 0 Å². The number of alkyl halides is 7. The van der Waals surface area contributed by atoms with Gasteiger partial charge in [-0.05, 0) is 36.2 Å². The van der Waals surface area contributed by atoms with E-state index < -0.39 is 61.3 Å². The molecule has 0 radical (unpaired) electrons. The molecule has 1 aromatic heterocycles. The zero-order valence-corrected chi connectivity index (χ0v) is 21.0. The van der Waals surface area contributed by atoms with E-state index in [4.69, 9.17) is 0 Å². The lowest BCUT2D eigenvalue weighted by molar-refractivity contribution is -0.348. The lowest BCUT2D eigenvalue weighted by atomic mass is 9.90. The van der Waals surface area contributed by atoms with Gasteiger partial charge in [-0.1, -0.05) is 24.3 Å². The van der Waals surface area contributed by atoms with Gasteiger partial charge in [0.25, 0.3) is 0 Å². The fourth-order valence-electron chi connectivity index (χ4n) is 4.62. The second-order valence-electron chi connectivity index (χ2n) is 9.12. The summed E-state index contributed by atoms with van der Waals surface area (Å²) in [5, 5.41) is 0. The first-order chi connectivity index (χ1) is 18.5. The van der Waals surface area contributed by atoms with E-state index in [2.05, 4.69) is 9.97 Å². The molecule has 0 saturated carbocycles. The highest BCUT2D eigenvalue weighted by atomic mass is 32.2. The number of sulfone groups is 1. The van der Waals surface area contributed by atoms with Gasteiger partial charge in [0, 0.05) is 37.2 Å². The zero-order valence-electron chi connectivity index (χ0n) is 20.2. The van der Waals surface area contributed by atoms with Crippen LogP contribution in [0.5, 0.6) is 0 Å². The molecule has 214 valence electrons. The maximum Gasteiger partial charge on any atom is 0.435 e. The molecule has 1 aliphatic rings. The Hall–Kier alpha value is -3.62. The summed E-state index contributed by atoms with van der Waals surface area (Å²) in [6, 6.07) is 5.40. The van der Waals surface area contributed by atoms with Crippen molar-refractivity contribution in [3.8, 4) is 0 Å². The van der Waals surface area contributed by atoms with Crippen molar-refractivity contribution < 1.29 is 48.3 Å². The molecule has 4 rings (SSSR count). The van der Waals surface area contributed by atoms with Crippen molar-refractivity contribution in [2.24, 2.45) is 0 Å². The number of nitrogens with zero attached hydrogens (tertiary/aromatic N) is 3. The molecule has 0 spiro atoms. The van der Waals surface area contributed by atoms with E-state index in [0.717, 1.165) is 29.2 Å². The summed E-state index contributed by atoms with van der Waals surface area (Å²) < 4.78 is 133. The Labute approximate surface area is 222 Å². The van der Waals surface area contributed by atoms with Crippen LogP contribution in [0.15, 0.2) is 72.0 Å². The molecule has 0 bridgehead atoms. The summed E-state index contributed by atoms with van der Waals surface area (Å²) >= 11 is 0. The first-order valence-corrected chi connectivity index (χ1v) is 13.0. The van der Waals surface area contributed by atoms with Gasteiger partial charge in [0.15, 0.2) is 9.84 Å². The molecule has 1 unspecified atom stereocenters. The Kier molecular flexibility index (Phi) is 7.41. The maximum atomic E-state index is 14.6. The number of carbonyl (C=O) groups is 1. The summed E-state index contributed by atoms with van der Waals surface area (Å²) in [6.07, 6.45) is -9.26. The second kappa shape index (κ2) is 10.1. The highest BCUT2D eigenvalue weighted by Gasteiger charge is 2.73. The predicted octanol–water partition coefficient (Wildman–Crippen LogP) is 5.05. The quantitative estimate of drug-likeness (QED) is 0.295. The molecule has 2 heterocycles. The topological polar surface area (TPSA) is 80.2 Å². The second-order valence-corrected chi connectivity index (χ2v) is 11.4. The molecule has 0 aliphatic carbocycles. The summed E-state index contributed by atoms with van der Waals surface area (Å²) in [7, 11) is -4.54. The van der Waals surface area contributed by atoms with E-state index in [9.17, 15) is 48.3 Å². The SMILES string of the molecule is O=C(Cc1cnccn1)N1CCC(c2ccc(C(F)(C(F)(F)F)C(F)(F)F)cc2)(S(=O)(=O)c2ccc(F)cc2)C1. The number of halogens is 8. The number of rotatable bonds is 6. The largest absolute Gasteiger partial charge is 0.435 e. The van der Waals surface area contributed by atoms with Crippen molar-refractivity contribution in [2.75, 3.05) is 13.1 Å². The van der Waals surface area contributed by atoms with Crippen molar-refractivity contribution in [2.45, 2.75) is 40.5 Å². The van der Waals surface area contributed by atoms with E-state index in [-0.39, 0.29) is 42.8 Å². The molecule has 2 aromatic carbocycles. The minimum absolute atomic E-state index is 0.153. The van der Waals surface area contributed by atoms with Crippen LogP contribution in [-0.2, 0) is 31.5 Å². The predicted molar refractivity (Wildman–Crippen MR) is 124 cm³/mol. The molecular formula is C25H19F8N3O3S. The number of benzene rings is 2. The molecule has 0 N–H and O–H groups in total. The standard InChI is InChI=1S/C25H19F8N3O3S/c26-18-5-7-20(8-6-18)40(38,39)22(9-12-36(15-22)21(37)13-19-14-34-10-11-35-19)16-1-3-17(4-2-16)23(27,24(28,29)30)25(31,32)33/h1-8,10-11,14H,9,12-13,15H2. The van der Waals surface area contributed by atoms with E-state index >= 15 is 0 Å². The van der Waals surface area contributed by atoms with Crippen molar-refractivity contribution >= 4 is 15.7 Å². The van der Waals surface area contributed by atoms with Crippen LogP contribution in [0.2, 0.25) is 0 Å². The minimum Gasteiger partial charge on any atom is -0.340 e. The van der Waals surface area contributed by atoms with Gasteiger partial charge in [0.1, 0.15) is 10.6 Å². The van der Waals surface area contributed by atoms with Crippen molar-refractivity contribution in [1.82, 2.24) is 14.9 Å². The van der Waals surface area contributed by atoms with E-state index in [1.54, 1.807) is 0 Å². The molecule has 15 heteroatoms. The molecule has 1 fully saturated rings. The molecule has 40 heavy (non-hydrogen) atoms. The van der Waals surface area contributed by atoms with Crippen molar-refractivity contribution in [3.05, 3.63) is 89.8 Å². The number of likely N-dealkylation sites (tertiary alicyclic amines) is 1. The van der Waals surface area contributed by atoms with E-state index in [0.29, 0.717) is 12.1 Å². The fraction of sp³-hybridized carbons (Fsp3) is 0.320. The first-order valence-electron chi connectivity index (χ1n) is 11.5. The van der Waals surface area contributed by atoms with Gasteiger partial charge in [-0.2, -0.15) is 26.3 Å². The zero-order chi connectivity index (χ0) is 29.6. The number of amides is 1. The van der Waals surface area contributed by atoms with Crippen molar-refractivity contribution in [3.63, 3.8) is 0 Å². The van der Waals surface area contributed by atoms with Crippen LogP contribution in [0.1, 0.15) is 23.2 Å². The molecule has 6 nitrogen and oxygen atoms in total. The number of hydrogen-bond acceptors (Lipinski definition) is 5. The summed E-state index contributed by atoms with van der Waals surface area (Å²) in [5.74, 6) is -1.33. The highest BCUT2D eigenvalue weighted by molar-refractivity contribution is 7.92. The van der Waals surface area contributed by atoms with Gasteiger partial charge in [-0.3, -0.25) is 14.8 Å². The van der Waals surface area contributed by atoms with Crippen LogP contribution < -0.4 is 0 Å². The number of aromatic nitrogens is 2. The van der Waals surface area contributed by atoms with E-state index in [1.807, 2.05) is 0 Å². The number of hydrogen-bond donors (Lipinski definition) is 0. The molecule has 1 atom stereocenters. The van der Waals surface area contributed by atoms with Gasteiger partial charge >= 0.3 is 18.0 Å². The maximum absolute atomic E-state index is 14.6. The normalized spacial score (nSPS) is 18.6. The van der Waals surface area contributed by atoms with Gasteiger partial charge in [0.05, 0.1) is 17.0 Å². The third kappa shape index (κ3) is 4.90. The van der Waals surface area contributed by atoms with Crippen LogP contribution in [-0.4, -0.2) is 54.6 Å². The monoisotopic (exact) mass is 593 g/mol.